The van der Waals surface area contributed by atoms with Crippen molar-refractivity contribution in [2.45, 2.75) is 32.2 Å². The summed E-state index contributed by atoms with van der Waals surface area (Å²) in [6.07, 6.45) is 5.30. The molecule has 0 amide bonds. The first-order valence-electron chi connectivity index (χ1n) is 4.97. The van der Waals surface area contributed by atoms with Crippen LogP contribution in [-0.4, -0.2) is 21.4 Å². The molecule has 3 nitrogen and oxygen atoms in total. The number of nitrogens with zero attached hydrogens (tertiary/aromatic N) is 2. The highest BCUT2D eigenvalue weighted by molar-refractivity contribution is 14.1. The van der Waals surface area contributed by atoms with Crippen LogP contribution >= 0.6 is 34.2 Å². The van der Waals surface area contributed by atoms with Crippen molar-refractivity contribution in [3.63, 3.8) is 0 Å². The van der Waals surface area contributed by atoms with Crippen molar-refractivity contribution in [1.29, 1.82) is 0 Å². The lowest BCUT2D eigenvalue weighted by Gasteiger charge is -2.31. The molecule has 1 aromatic heterocycles. The maximum absolute atomic E-state index is 6.02. The van der Waals surface area contributed by atoms with Crippen LogP contribution < -0.4 is 5.32 Å². The molecule has 0 radical (unpaired) electrons. The lowest BCUT2D eigenvalue weighted by molar-refractivity contribution is 0.482. The predicted molar refractivity (Wildman–Crippen MR) is 72.4 cm³/mol. The molecule has 0 bridgehead atoms. The predicted octanol–water partition coefficient (Wildman–Crippen LogP) is 3.29. The third kappa shape index (κ3) is 3.17. The first-order valence-corrected chi connectivity index (χ1v) is 6.58. The molecule has 1 heterocycles. The van der Waals surface area contributed by atoms with E-state index in [1.54, 1.807) is 12.5 Å². The van der Waals surface area contributed by atoms with Crippen molar-refractivity contribution >= 4 is 40.0 Å². The minimum Gasteiger partial charge on any atom is -0.362 e. The zero-order valence-electron chi connectivity index (χ0n) is 8.93. The van der Waals surface area contributed by atoms with E-state index in [2.05, 4.69) is 51.7 Å². The van der Waals surface area contributed by atoms with E-state index in [9.17, 15) is 0 Å². The summed E-state index contributed by atoms with van der Waals surface area (Å²) in [7, 11) is 0. The van der Waals surface area contributed by atoms with E-state index in [-0.39, 0.29) is 5.54 Å². The van der Waals surface area contributed by atoms with Crippen molar-refractivity contribution in [2.24, 2.45) is 0 Å². The molecule has 1 rings (SSSR count). The second kappa shape index (κ2) is 5.84. The fourth-order valence-electron chi connectivity index (χ4n) is 1.30. The number of nitrogens with one attached hydrogen (secondary N) is 1. The number of hydrogen-bond acceptors (Lipinski definition) is 3. The summed E-state index contributed by atoms with van der Waals surface area (Å²) in [6.45, 7) is 4.26. The molecule has 0 unspecified atom stereocenters. The van der Waals surface area contributed by atoms with Crippen LogP contribution in [0.25, 0.3) is 0 Å². The van der Waals surface area contributed by atoms with Crippen molar-refractivity contribution in [1.82, 2.24) is 9.97 Å². The molecule has 1 aromatic rings. The van der Waals surface area contributed by atoms with Crippen LogP contribution in [0.1, 0.15) is 26.7 Å². The number of hydrogen-bond donors (Lipinski definition) is 1. The maximum Gasteiger partial charge on any atom is 0.143 e. The van der Waals surface area contributed by atoms with Gasteiger partial charge < -0.3 is 5.32 Å². The van der Waals surface area contributed by atoms with Gasteiger partial charge in [0.2, 0.25) is 0 Å². The first kappa shape index (κ1) is 13.0. The Kier molecular flexibility index (Phi) is 5.05. The molecule has 0 atom stereocenters. The Morgan fingerprint density at radius 3 is 2.60 bits per heavy atom. The van der Waals surface area contributed by atoms with Gasteiger partial charge in [0, 0.05) is 12.1 Å². The van der Waals surface area contributed by atoms with Gasteiger partial charge in [0.1, 0.15) is 12.1 Å². The van der Waals surface area contributed by atoms with Crippen LogP contribution in [0.3, 0.4) is 0 Å². The molecule has 0 saturated heterocycles. The van der Waals surface area contributed by atoms with Gasteiger partial charge in [-0.25, -0.2) is 9.97 Å². The van der Waals surface area contributed by atoms with E-state index >= 15 is 0 Å². The molecule has 5 heteroatoms. The van der Waals surface area contributed by atoms with E-state index < -0.39 is 0 Å². The molecular weight excluding hydrogens is 324 g/mol. The van der Waals surface area contributed by atoms with Gasteiger partial charge in [0.25, 0.3) is 0 Å². The third-order valence-corrected chi connectivity index (χ3v) is 3.96. The fourth-order valence-corrected chi connectivity index (χ4v) is 2.18. The Balaban J connectivity index is 2.88. The van der Waals surface area contributed by atoms with E-state index in [0.29, 0.717) is 5.88 Å². The summed E-state index contributed by atoms with van der Waals surface area (Å²) in [4.78, 5) is 8.18. The molecule has 0 saturated carbocycles. The second-order valence-corrected chi connectivity index (χ2v) is 4.89. The molecule has 0 aliphatic rings. The monoisotopic (exact) mass is 339 g/mol. The summed E-state index contributed by atoms with van der Waals surface area (Å²) in [5, 5.41) is 3.42. The van der Waals surface area contributed by atoms with Crippen LogP contribution in [0.4, 0.5) is 5.82 Å². The van der Waals surface area contributed by atoms with Crippen LogP contribution in [0, 0.1) is 3.57 Å². The maximum atomic E-state index is 6.02. The van der Waals surface area contributed by atoms with Crippen LogP contribution in [-0.2, 0) is 0 Å². The van der Waals surface area contributed by atoms with Gasteiger partial charge in [-0.3, -0.25) is 0 Å². The van der Waals surface area contributed by atoms with Crippen molar-refractivity contribution in [2.75, 3.05) is 11.2 Å². The van der Waals surface area contributed by atoms with Gasteiger partial charge >= 0.3 is 0 Å². The van der Waals surface area contributed by atoms with Gasteiger partial charge in [-0.15, -0.1) is 11.6 Å². The number of alkyl halides is 1. The van der Waals surface area contributed by atoms with Crippen molar-refractivity contribution in [3.05, 3.63) is 16.1 Å². The molecule has 1 N–H and O–H groups in total. The van der Waals surface area contributed by atoms with Gasteiger partial charge in [-0.1, -0.05) is 13.8 Å². The summed E-state index contributed by atoms with van der Waals surface area (Å²) < 4.78 is 1.02. The van der Waals surface area contributed by atoms with Crippen LogP contribution in [0.2, 0.25) is 0 Å². The highest BCUT2D eigenvalue weighted by atomic mass is 127. The summed E-state index contributed by atoms with van der Waals surface area (Å²) >= 11 is 8.24. The molecule has 0 aliphatic heterocycles. The number of anilines is 1. The topological polar surface area (TPSA) is 37.8 Å². The zero-order valence-corrected chi connectivity index (χ0v) is 11.8. The Morgan fingerprint density at radius 2 is 2.13 bits per heavy atom. The van der Waals surface area contributed by atoms with E-state index in [0.717, 1.165) is 22.2 Å². The average molecular weight is 340 g/mol. The smallest absolute Gasteiger partial charge is 0.143 e. The van der Waals surface area contributed by atoms with Crippen molar-refractivity contribution in [3.8, 4) is 0 Å². The molecule has 0 aromatic carbocycles. The van der Waals surface area contributed by atoms with Crippen molar-refractivity contribution < 1.29 is 0 Å². The minimum absolute atomic E-state index is 0.0597. The van der Waals surface area contributed by atoms with Gasteiger partial charge in [0.15, 0.2) is 0 Å². The molecule has 84 valence electrons. The number of halogens is 2. The quantitative estimate of drug-likeness (QED) is 0.661. The Morgan fingerprint density at radius 1 is 1.47 bits per heavy atom. The SMILES string of the molecule is CCC(CC)(CCl)Nc1ncncc1I. The zero-order chi connectivity index (χ0) is 11.3. The Hall–Kier alpha value is -0.100. The third-order valence-electron chi connectivity index (χ3n) is 2.66. The Bertz CT molecular complexity index is 307. The highest BCUT2D eigenvalue weighted by Crippen LogP contribution is 2.24. The first-order chi connectivity index (χ1) is 7.17. The van der Waals surface area contributed by atoms with E-state index in [4.69, 9.17) is 11.6 Å². The summed E-state index contributed by atoms with van der Waals surface area (Å²) in [5.41, 5.74) is -0.0597. The second-order valence-electron chi connectivity index (χ2n) is 3.47. The normalized spacial score (nSPS) is 11.5. The summed E-state index contributed by atoms with van der Waals surface area (Å²) in [6, 6.07) is 0. The fraction of sp³-hybridized carbons (Fsp3) is 0.600. The van der Waals surface area contributed by atoms with Crippen LogP contribution in [0.5, 0.6) is 0 Å². The lowest BCUT2D eigenvalue weighted by atomic mass is 9.95. The van der Waals surface area contributed by atoms with Gasteiger partial charge in [-0.2, -0.15) is 0 Å². The molecule has 0 spiro atoms. The molecule has 15 heavy (non-hydrogen) atoms. The average Bonchev–Trinajstić information content (AvgIpc) is 2.29. The molecule has 0 aliphatic carbocycles. The summed E-state index contributed by atoms with van der Waals surface area (Å²) in [5.74, 6) is 1.45. The molecular formula is C10H15ClIN3. The Labute approximate surface area is 109 Å². The largest absolute Gasteiger partial charge is 0.362 e. The minimum atomic E-state index is -0.0597. The van der Waals surface area contributed by atoms with Gasteiger partial charge in [-0.05, 0) is 35.4 Å². The lowest BCUT2D eigenvalue weighted by Crippen LogP contribution is -2.39. The standard InChI is InChI=1S/C10H15ClIN3/c1-3-10(4-2,6-11)15-9-8(12)5-13-7-14-9/h5,7H,3-4,6H2,1-2H3,(H,13,14,15). The van der Waals surface area contributed by atoms with E-state index in [1.807, 2.05) is 0 Å². The molecule has 0 fully saturated rings. The highest BCUT2D eigenvalue weighted by Gasteiger charge is 2.25. The van der Waals surface area contributed by atoms with Gasteiger partial charge in [0.05, 0.1) is 9.11 Å². The van der Waals surface area contributed by atoms with E-state index in [1.165, 1.54) is 0 Å². The number of aromatic nitrogens is 2. The van der Waals surface area contributed by atoms with Crippen LogP contribution in [0.15, 0.2) is 12.5 Å². The number of rotatable bonds is 5.